The number of ether oxygens (including phenoxy) is 2. The first-order valence-electron chi connectivity index (χ1n) is 3.72. The summed E-state index contributed by atoms with van der Waals surface area (Å²) in [6, 6.07) is 2.61. The van der Waals surface area contributed by atoms with Gasteiger partial charge in [0.25, 0.3) is 0 Å². The van der Waals surface area contributed by atoms with Gasteiger partial charge in [-0.2, -0.15) is 0 Å². The Hall–Kier alpha value is -1.29. The molecular formula is C9H8ClFO3. The van der Waals surface area contributed by atoms with Crippen LogP contribution in [-0.4, -0.2) is 20.2 Å². The van der Waals surface area contributed by atoms with Crippen LogP contribution in [0.2, 0.25) is 5.02 Å². The van der Waals surface area contributed by atoms with Crippen LogP contribution < -0.4 is 4.74 Å². The van der Waals surface area contributed by atoms with Crippen LogP contribution >= 0.6 is 11.6 Å². The maximum absolute atomic E-state index is 13.5. The van der Waals surface area contributed by atoms with Crippen molar-refractivity contribution in [3.05, 3.63) is 28.5 Å². The fraction of sp³-hybridized carbons (Fsp3) is 0.222. The molecule has 0 fully saturated rings. The van der Waals surface area contributed by atoms with Crippen molar-refractivity contribution in [2.24, 2.45) is 0 Å². The SMILES string of the molecule is COC(=O)c1ccc(Cl)c(OC)c1F. The van der Waals surface area contributed by atoms with Crippen LogP contribution in [0.3, 0.4) is 0 Å². The van der Waals surface area contributed by atoms with Crippen LogP contribution in [0.4, 0.5) is 4.39 Å². The van der Waals surface area contributed by atoms with Gasteiger partial charge in [-0.15, -0.1) is 0 Å². The second-order valence-electron chi connectivity index (χ2n) is 2.43. The molecule has 0 aliphatic rings. The van der Waals surface area contributed by atoms with Crippen molar-refractivity contribution in [1.82, 2.24) is 0 Å². The summed E-state index contributed by atoms with van der Waals surface area (Å²) in [4.78, 5) is 11.1. The molecule has 0 aliphatic carbocycles. The van der Waals surface area contributed by atoms with Crippen molar-refractivity contribution < 1.29 is 18.7 Å². The summed E-state index contributed by atoms with van der Waals surface area (Å²) in [5, 5.41) is 0.109. The molecule has 0 unspecified atom stereocenters. The van der Waals surface area contributed by atoms with Crippen molar-refractivity contribution in [3.63, 3.8) is 0 Å². The third-order valence-electron chi connectivity index (χ3n) is 1.66. The lowest BCUT2D eigenvalue weighted by molar-refractivity contribution is 0.0594. The summed E-state index contributed by atoms with van der Waals surface area (Å²) in [6.07, 6.45) is 0. The van der Waals surface area contributed by atoms with Gasteiger partial charge in [0.05, 0.1) is 24.8 Å². The normalized spacial score (nSPS) is 9.71. The quantitative estimate of drug-likeness (QED) is 0.715. The molecule has 0 spiro atoms. The zero-order valence-electron chi connectivity index (χ0n) is 7.64. The second kappa shape index (κ2) is 4.28. The second-order valence-corrected chi connectivity index (χ2v) is 2.84. The molecule has 0 saturated heterocycles. The molecule has 0 aromatic heterocycles. The maximum Gasteiger partial charge on any atom is 0.340 e. The fourth-order valence-electron chi connectivity index (χ4n) is 0.987. The van der Waals surface area contributed by atoms with Gasteiger partial charge in [-0.25, -0.2) is 9.18 Å². The molecule has 76 valence electrons. The summed E-state index contributed by atoms with van der Waals surface area (Å²) < 4.78 is 22.5. The number of carbonyl (C=O) groups is 1. The minimum Gasteiger partial charge on any atom is -0.492 e. The Labute approximate surface area is 85.4 Å². The minimum atomic E-state index is -0.813. The van der Waals surface area contributed by atoms with Crippen LogP contribution in [0, 0.1) is 5.82 Å². The van der Waals surface area contributed by atoms with Gasteiger partial charge >= 0.3 is 5.97 Å². The lowest BCUT2D eigenvalue weighted by Gasteiger charge is -2.07. The highest BCUT2D eigenvalue weighted by Crippen LogP contribution is 2.29. The van der Waals surface area contributed by atoms with E-state index in [1.807, 2.05) is 0 Å². The van der Waals surface area contributed by atoms with E-state index >= 15 is 0 Å². The average Bonchev–Trinajstić information content (AvgIpc) is 2.18. The number of hydrogen-bond donors (Lipinski definition) is 0. The van der Waals surface area contributed by atoms with E-state index in [4.69, 9.17) is 16.3 Å². The van der Waals surface area contributed by atoms with Gasteiger partial charge in [0.2, 0.25) is 0 Å². The van der Waals surface area contributed by atoms with E-state index in [0.717, 1.165) is 0 Å². The monoisotopic (exact) mass is 218 g/mol. The maximum atomic E-state index is 13.5. The zero-order valence-corrected chi connectivity index (χ0v) is 8.39. The molecule has 0 atom stereocenters. The summed E-state index contributed by atoms with van der Waals surface area (Å²) >= 11 is 5.63. The van der Waals surface area contributed by atoms with E-state index in [9.17, 15) is 9.18 Å². The predicted molar refractivity (Wildman–Crippen MR) is 49.3 cm³/mol. The minimum absolute atomic E-state index is 0.109. The third kappa shape index (κ3) is 1.80. The summed E-state index contributed by atoms with van der Waals surface area (Å²) in [6.45, 7) is 0. The first-order valence-corrected chi connectivity index (χ1v) is 4.10. The van der Waals surface area contributed by atoms with Gasteiger partial charge in [-0.3, -0.25) is 0 Å². The van der Waals surface area contributed by atoms with Crippen molar-refractivity contribution in [2.45, 2.75) is 0 Å². The van der Waals surface area contributed by atoms with E-state index in [2.05, 4.69) is 4.74 Å². The lowest BCUT2D eigenvalue weighted by atomic mass is 10.2. The standard InChI is InChI=1S/C9H8ClFO3/c1-13-8-6(10)4-3-5(7(8)11)9(12)14-2/h3-4H,1-2H3. The smallest absolute Gasteiger partial charge is 0.340 e. The lowest BCUT2D eigenvalue weighted by Crippen LogP contribution is -2.05. The van der Waals surface area contributed by atoms with Crippen LogP contribution in [0.5, 0.6) is 5.75 Å². The molecule has 1 aromatic carbocycles. The van der Waals surface area contributed by atoms with E-state index in [0.29, 0.717) is 0 Å². The Morgan fingerprint density at radius 1 is 1.43 bits per heavy atom. The Bertz CT molecular complexity index is 365. The van der Waals surface area contributed by atoms with Crippen molar-refractivity contribution in [3.8, 4) is 5.75 Å². The van der Waals surface area contributed by atoms with Gasteiger partial charge < -0.3 is 9.47 Å². The molecule has 14 heavy (non-hydrogen) atoms. The largest absolute Gasteiger partial charge is 0.492 e. The number of hydrogen-bond acceptors (Lipinski definition) is 3. The molecule has 0 radical (unpaired) electrons. The molecule has 0 amide bonds. The molecule has 1 rings (SSSR count). The molecule has 0 bridgehead atoms. The number of esters is 1. The van der Waals surface area contributed by atoms with E-state index in [1.165, 1.54) is 26.4 Å². The van der Waals surface area contributed by atoms with Gasteiger partial charge in [0.15, 0.2) is 11.6 Å². The molecule has 3 nitrogen and oxygen atoms in total. The van der Waals surface area contributed by atoms with Crippen molar-refractivity contribution in [2.75, 3.05) is 14.2 Å². The molecule has 5 heteroatoms. The molecular weight excluding hydrogens is 211 g/mol. The van der Waals surface area contributed by atoms with Crippen molar-refractivity contribution >= 4 is 17.6 Å². The number of halogens is 2. The van der Waals surface area contributed by atoms with Gasteiger partial charge in [0.1, 0.15) is 0 Å². The van der Waals surface area contributed by atoms with E-state index < -0.39 is 11.8 Å². The van der Waals surface area contributed by atoms with E-state index in [-0.39, 0.29) is 16.3 Å². The molecule has 0 N–H and O–H groups in total. The molecule has 0 saturated carbocycles. The van der Waals surface area contributed by atoms with Crippen LogP contribution in [0.15, 0.2) is 12.1 Å². The first kappa shape index (κ1) is 10.8. The highest BCUT2D eigenvalue weighted by atomic mass is 35.5. The third-order valence-corrected chi connectivity index (χ3v) is 1.96. The zero-order chi connectivity index (χ0) is 10.7. The number of rotatable bonds is 2. The fourth-order valence-corrected chi connectivity index (χ4v) is 1.21. The Kier molecular flexibility index (Phi) is 3.30. The van der Waals surface area contributed by atoms with Crippen LogP contribution in [-0.2, 0) is 4.74 Å². The Morgan fingerprint density at radius 2 is 2.07 bits per heavy atom. The van der Waals surface area contributed by atoms with Crippen LogP contribution in [0.1, 0.15) is 10.4 Å². The first-order chi connectivity index (χ1) is 6.61. The summed E-state index contributed by atoms with van der Waals surface area (Å²) in [5.41, 5.74) is -0.200. The Morgan fingerprint density at radius 3 is 2.57 bits per heavy atom. The molecule has 1 aromatic rings. The highest BCUT2D eigenvalue weighted by molar-refractivity contribution is 6.32. The molecule has 0 heterocycles. The molecule has 0 aliphatic heterocycles. The van der Waals surface area contributed by atoms with Gasteiger partial charge in [-0.05, 0) is 12.1 Å². The Balaban J connectivity index is 3.28. The topological polar surface area (TPSA) is 35.5 Å². The predicted octanol–water partition coefficient (Wildman–Crippen LogP) is 2.27. The van der Waals surface area contributed by atoms with Crippen LogP contribution in [0.25, 0.3) is 0 Å². The van der Waals surface area contributed by atoms with Gasteiger partial charge in [-0.1, -0.05) is 11.6 Å². The number of carbonyl (C=O) groups excluding carboxylic acids is 1. The summed E-state index contributed by atoms with van der Waals surface area (Å²) in [7, 11) is 2.44. The number of benzene rings is 1. The number of methoxy groups -OCH3 is 2. The van der Waals surface area contributed by atoms with E-state index in [1.54, 1.807) is 0 Å². The highest BCUT2D eigenvalue weighted by Gasteiger charge is 2.18. The van der Waals surface area contributed by atoms with Gasteiger partial charge in [0, 0.05) is 0 Å². The summed E-state index contributed by atoms with van der Waals surface area (Å²) in [5.74, 6) is -1.74. The van der Waals surface area contributed by atoms with Crippen molar-refractivity contribution in [1.29, 1.82) is 0 Å². The average molecular weight is 219 g/mol.